The summed E-state index contributed by atoms with van der Waals surface area (Å²) in [6.45, 7) is 2.51. The molecule has 3 nitrogen and oxygen atoms in total. The first kappa shape index (κ1) is 16.5. The third kappa shape index (κ3) is 3.65. The third-order valence-electron chi connectivity index (χ3n) is 3.00. The van der Waals surface area contributed by atoms with Gasteiger partial charge in [-0.3, -0.25) is 4.79 Å². The van der Waals surface area contributed by atoms with Crippen molar-refractivity contribution in [3.05, 3.63) is 50.2 Å². The minimum absolute atomic E-state index is 0.0613. The van der Waals surface area contributed by atoms with Crippen molar-refractivity contribution in [2.45, 2.75) is 13.5 Å². The van der Waals surface area contributed by atoms with Crippen molar-refractivity contribution in [1.29, 1.82) is 0 Å². The first-order chi connectivity index (χ1) is 10.1. The molecule has 2 aromatic rings. The maximum Gasteiger partial charge on any atom is 0.265 e. The number of nitrogens with zero attached hydrogens (tertiary/aromatic N) is 1. The maximum absolute atomic E-state index is 12.2. The quantitative estimate of drug-likeness (QED) is 0.699. The SMILES string of the molecule is CCn1c(-c2ccc(OCSC)cc2Cl)ccc(Br)c1=O. The smallest absolute Gasteiger partial charge is 0.265 e. The van der Waals surface area contributed by atoms with Gasteiger partial charge >= 0.3 is 0 Å². The third-order valence-corrected chi connectivity index (χ3v) is 4.27. The molecular formula is C15H15BrClNO2S. The van der Waals surface area contributed by atoms with Gasteiger partial charge in [0.1, 0.15) is 11.7 Å². The molecule has 0 amide bonds. The average molecular weight is 389 g/mol. The second-order valence-corrected chi connectivity index (χ2v) is 6.38. The van der Waals surface area contributed by atoms with Gasteiger partial charge in [-0.2, -0.15) is 0 Å². The largest absolute Gasteiger partial charge is 0.483 e. The van der Waals surface area contributed by atoms with Gasteiger partial charge in [-0.05, 0) is 59.4 Å². The molecule has 0 atom stereocenters. The Morgan fingerprint density at radius 1 is 1.33 bits per heavy atom. The zero-order chi connectivity index (χ0) is 15.4. The normalized spacial score (nSPS) is 10.7. The Kier molecular flexibility index (Phi) is 5.79. The first-order valence-corrected chi connectivity index (χ1v) is 8.96. The second-order valence-electron chi connectivity index (χ2n) is 4.31. The summed E-state index contributed by atoms with van der Waals surface area (Å²) in [7, 11) is 0. The molecule has 0 fully saturated rings. The van der Waals surface area contributed by atoms with Crippen LogP contribution in [0.15, 0.2) is 39.6 Å². The van der Waals surface area contributed by atoms with Crippen molar-refractivity contribution in [2.24, 2.45) is 0 Å². The van der Waals surface area contributed by atoms with Gasteiger partial charge in [0.25, 0.3) is 5.56 Å². The van der Waals surface area contributed by atoms with E-state index in [4.69, 9.17) is 16.3 Å². The molecule has 0 aliphatic rings. The van der Waals surface area contributed by atoms with E-state index in [0.29, 0.717) is 22.0 Å². The summed E-state index contributed by atoms with van der Waals surface area (Å²) in [6.07, 6.45) is 1.97. The van der Waals surface area contributed by atoms with Crippen LogP contribution in [-0.4, -0.2) is 16.8 Å². The number of ether oxygens (including phenoxy) is 1. The van der Waals surface area contributed by atoms with E-state index in [1.54, 1.807) is 28.5 Å². The minimum atomic E-state index is -0.0613. The Labute approximate surface area is 141 Å². The molecule has 112 valence electrons. The van der Waals surface area contributed by atoms with Crippen LogP contribution < -0.4 is 10.3 Å². The zero-order valence-electron chi connectivity index (χ0n) is 11.7. The number of hydrogen-bond acceptors (Lipinski definition) is 3. The van der Waals surface area contributed by atoms with Crippen molar-refractivity contribution >= 4 is 39.3 Å². The summed E-state index contributed by atoms with van der Waals surface area (Å²) in [6, 6.07) is 9.16. The van der Waals surface area contributed by atoms with Gasteiger partial charge < -0.3 is 9.30 Å². The van der Waals surface area contributed by atoms with E-state index in [1.165, 1.54) is 0 Å². The van der Waals surface area contributed by atoms with Crippen LogP contribution in [0.1, 0.15) is 6.92 Å². The van der Waals surface area contributed by atoms with Crippen LogP contribution in [0, 0.1) is 0 Å². The lowest BCUT2D eigenvalue weighted by atomic mass is 10.1. The Balaban J connectivity index is 2.48. The van der Waals surface area contributed by atoms with Gasteiger partial charge in [-0.25, -0.2) is 0 Å². The molecule has 1 aromatic carbocycles. The van der Waals surface area contributed by atoms with Crippen LogP contribution in [0.5, 0.6) is 5.75 Å². The average Bonchev–Trinajstić information content (AvgIpc) is 2.48. The fourth-order valence-electron chi connectivity index (χ4n) is 2.02. The molecule has 1 heterocycles. The number of pyridine rings is 1. The van der Waals surface area contributed by atoms with Crippen LogP contribution in [0.4, 0.5) is 0 Å². The molecule has 0 aliphatic carbocycles. The molecule has 0 spiro atoms. The van der Waals surface area contributed by atoms with Crippen LogP contribution in [0.2, 0.25) is 5.02 Å². The van der Waals surface area contributed by atoms with E-state index in [2.05, 4.69) is 15.9 Å². The number of benzene rings is 1. The van der Waals surface area contributed by atoms with E-state index >= 15 is 0 Å². The number of rotatable bonds is 5. The Morgan fingerprint density at radius 3 is 2.71 bits per heavy atom. The number of hydrogen-bond donors (Lipinski definition) is 0. The summed E-state index contributed by atoms with van der Waals surface area (Å²) in [4.78, 5) is 12.2. The second kappa shape index (κ2) is 7.38. The molecular weight excluding hydrogens is 374 g/mol. The molecule has 0 N–H and O–H groups in total. The van der Waals surface area contributed by atoms with Crippen LogP contribution >= 0.6 is 39.3 Å². The van der Waals surface area contributed by atoms with Gasteiger partial charge in [0.05, 0.1) is 15.2 Å². The van der Waals surface area contributed by atoms with Gasteiger partial charge in [0, 0.05) is 12.1 Å². The van der Waals surface area contributed by atoms with E-state index < -0.39 is 0 Å². The van der Waals surface area contributed by atoms with Crippen LogP contribution in [0.3, 0.4) is 0 Å². The van der Waals surface area contributed by atoms with Crippen molar-refractivity contribution < 1.29 is 4.74 Å². The Hall–Kier alpha value is -0.910. The van der Waals surface area contributed by atoms with Crippen molar-refractivity contribution in [3.8, 4) is 17.0 Å². The minimum Gasteiger partial charge on any atom is -0.483 e. The molecule has 0 unspecified atom stereocenters. The van der Waals surface area contributed by atoms with E-state index in [9.17, 15) is 4.79 Å². The Morgan fingerprint density at radius 2 is 2.10 bits per heavy atom. The van der Waals surface area contributed by atoms with Crippen molar-refractivity contribution in [2.75, 3.05) is 12.2 Å². The highest BCUT2D eigenvalue weighted by atomic mass is 79.9. The predicted octanol–water partition coefficient (Wildman–Crippen LogP) is 4.65. The lowest BCUT2D eigenvalue weighted by molar-refractivity contribution is 0.393. The molecule has 6 heteroatoms. The summed E-state index contributed by atoms with van der Waals surface area (Å²) < 4.78 is 7.76. The molecule has 1 aromatic heterocycles. The van der Waals surface area contributed by atoms with Gasteiger partial charge in [-0.1, -0.05) is 11.6 Å². The Bertz CT molecular complexity index is 703. The molecule has 0 bridgehead atoms. The van der Waals surface area contributed by atoms with Crippen molar-refractivity contribution in [3.63, 3.8) is 0 Å². The molecule has 21 heavy (non-hydrogen) atoms. The standard InChI is InChI=1S/C15H15BrClNO2S/c1-3-18-14(7-6-12(16)15(18)19)11-5-4-10(8-13(11)17)20-9-21-2/h4-8H,3,9H2,1-2H3. The summed E-state index contributed by atoms with van der Waals surface area (Å²) >= 11 is 11.2. The summed E-state index contributed by atoms with van der Waals surface area (Å²) in [5.74, 6) is 1.30. The summed E-state index contributed by atoms with van der Waals surface area (Å²) in [5.41, 5.74) is 1.56. The zero-order valence-corrected chi connectivity index (χ0v) is 14.9. The predicted molar refractivity (Wildman–Crippen MR) is 93.5 cm³/mol. The number of aromatic nitrogens is 1. The molecule has 0 aliphatic heterocycles. The van der Waals surface area contributed by atoms with Crippen molar-refractivity contribution in [1.82, 2.24) is 4.57 Å². The highest BCUT2D eigenvalue weighted by Crippen LogP contribution is 2.31. The first-order valence-electron chi connectivity index (χ1n) is 6.39. The lowest BCUT2D eigenvalue weighted by Crippen LogP contribution is -2.21. The topological polar surface area (TPSA) is 31.2 Å². The van der Waals surface area contributed by atoms with Gasteiger partial charge in [-0.15, -0.1) is 11.8 Å². The highest BCUT2D eigenvalue weighted by molar-refractivity contribution is 9.10. The fraction of sp³-hybridized carbons (Fsp3) is 0.267. The van der Waals surface area contributed by atoms with Crippen LogP contribution in [0.25, 0.3) is 11.3 Å². The van der Waals surface area contributed by atoms with Crippen LogP contribution in [-0.2, 0) is 6.54 Å². The van der Waals surface area contributed by atoms with Gasteiger partial charge in [0.2, 0.25) is 0 Å². The summed E-state index contributed by atoms with van der Waals surface area (Å²) in [5, 5.41) is 0.567. The molecule has 0 saturated carbocycles. The molecule has 0 radical (unpaired) electrons. The lowest BCUT2D eigenvalue weighted by Gasteiger charge is -2.14. The fourth-order valence-corrected chi connectivity index (χ4v) is 2.89. The van der Waals surface area contributed by atoms with E-state index in [0.717, 1.165) is 17.0 Å². The molecule has 0 saturated heterocycles. The number of halogens is 2. The monoisotopic (exact) mass is 387 g/mol. The van der Waals surface area contributed by atoms with E-state index in [1.807, 2.05) is 31.4 Å². The van der Waals surface area contributed by atoms with E-state index in [-0.39, 0.29) is 5.56 Å². The number of thioether (sulfide) groups is 1. The van der Waals surface area contributed by atoms with Gasteiger partial charge in [0.15, 0.2) is 0 Å². The maximum atomic E-state index is 12.2. The molecule has 2 rings (SSSR count). The highest BCUT2D eigenvalue weighted by Gasteiger charge is 2.11.